The molecule has 2 aromatic heterocycles. The number of halogens is 2. The molecule has 124 valence electrons. The van der Waals surface area contributed by atoms with Crippen LogP contribution >= 0.6 is 27.5 Å². The summed E-state index contributed by atoms with van der Waals surface area (Å²) in [4.78, 5) is 29.0. The third kappa shape index (κ3) is 2.83. The van der Waals surface area contributed by atoms with Crippen LogP contribution in [0.5, 0.6) is 0 Å². The standard InChI is InChI=1S/C18H11BrClN3O2/c19-11-3-1-10(2-4-11)15-9-14-16(21-18(25)22-17(14)24)23(15)13-7-5-12(20)6-8-13/h1-9H,(H2,21,22,24,25). The van der Waals surface area contributed by atoms with Crippen molar-refractivity contribution in [3.8, 4) is 16.9 Å². The Morgan fingerprint density at radius 2 is 1.60 bits per heavy atom. The van der Waals surface area contributed by atoms with E-state index in [1.165, 1.54) is 0 Å². The minimum Gasteiger partial charge on any atom is -0.295 e. The first kappa shape index (κ1) is 15.9. The quantitative estimate of drug-likeness (QED) is 0.517. The zero-order valence-electron chi connectivity index (χ0n) is 12.7. The highest BCUT2D eigenvalue weighted by Crippen LogP contribution is 2.30. The smallest absolute Gasteiger partial charge is 0.295 e. The van der Waals surface area contributed by atoms with Gasteiger partial charge in [-0.15, -0.1) is 0 Å². The highest BCUT2D eigenvalue weighted by molar-refractivity contribution is 9.10. The van der Waals surface area contributed by atoms with E-state index >= 15 is 0 Å². The van der Waals surface area contributed by atoms with E-state index in [1.807, 2.05) is 41.0 Å². The Labute approximate surface area is 155 Å². The van der Waals surface area contributed by atoms with Gasteiger partial charge in [0.2, 0.25) is 0 Å². The van der Waals surface area contributed by atoms with Crippen molar-refractivity contribution in [1.82, 2.24) is 14.5 Å². The lowest BCUT2D eigenvalue weighted by molar-refractivity contribution is 1.03. The maximum Gasteiger partial charge on any atom is 0.327 e. The maximum absolute atomic E-state index is 12.2. The summed E-state index contributed by atoms with van der Waals surface area (Å²) in [5, 5.41) is 1.02. The van der Waals surface area contributed by atoms with Crippen molar-refractivity contribution in [3.63, 3.8) is 0 Å². The van der Waals surface area contributed by atoms with Gasteiger partial charge in [0.1, 0.15) is 5.65 Å². The number of hydrogen-bond donors (Lipinski definition) is 2. The summed E-state index contributed by atoms with van der Waals surface area (Å²) in [5.41, 5.74) is 1.96. The highest BCUT2D eigenvalue weighted by atomic mass is 79.9. The van der Waals surface area contributed by atoms with Crippen LogP contribution in [0, 0.1) is 0 Å². The van der Waals surface area contributed by atoms with Crippen LogP contribution < -0.4 is 11.2 Å². The summed E-state index contributed by atoms with van der Waals surface area (Å²) in [6, 6.07) is 16.7. The first-order valence-corrected chi connectivity index (χ1v) is 8.60. The predicted octanol–water partition coefficient (Wildman–Crippen LogP) is 4.09. The van der Waals surface area contributed by atoms with Gasteiger partial charge in [0.05, 0.1) is 11.1 Å². The number of nitrogens with one attached hydrogen (secondary N) is 2. The molecule has 2 aromatic carbocycles. The topological polar surface area (TPSA) is 70.7 Å². The monoisotopic (exact) mass is 415 g/mol. The summed E-state index contributed by atoms with van der Waals surface area (Å²) < 4.78 is 2.79. The number of hydrogen-bond acceptors (Lipinski definition) is 2. The van der Waals surface area contributed by atoms with Crippen molar-refractivity contribution in [2.75, 3.05) is 0 Å². The Hall–Kier alpha value is -2.57. The van der Waals surface area contributed by atoms with Crippen LogP contribution in [-0.2, 0) is 0 Å². The number of fused-ring (bicyclic) bond motifs is 1. The molecule has 2 N–H and O–H groups in total. The van der Waals surface area contributed by atoms with Crippen molar-refractivity contribution in [3.05, 3.63) is 84.9 Å². The molecule has 25 heavy (non-hydrogen) atoms. The minimum absolute atomic E-state index is 0.410. The molecule has 0 amide bonds. The summed E-state index contributed by atoms with van der Waals surface area (Å²) in [7, 11) is 0. The summed E-state index contributed by atoms with van der Waals surface area (Å²) in [6.45, 7) is 0. The van der Waals surface area contributed by atoms with Gasteiger partial charge in [-0.25, -0.2) is 4.79 Å². The minimum atomic E-state index is -0.548. The van der Waals surface area contributed by atoms with E-state index in [9.17, 15) is 9.59 Å². The molecule has 0 bridgehead atoms. The van der Waals surface area contributed by atoms with Crippen LogP contribution in [0.4, 0.5) is 0 Å². The third-order valence-corrected chi connectivity index (χ3v) is 4.71. The van der Waals surface area contributed by atoms with E-state index in [-0.39, 0.29) is 0 Å². The van der Waals surface area contributed by atoms with Gasteiger partial charge < -0.3 is 0 Å². The van der Waals surface area contributed by atoms with Gasteiger partial charge in [-0.3, -0.25) is 19.3 Å². The van der Waals surface area contributed by atoms with Crippen LogP contribution in [0.2, 0.25) is 5.02 Å². The Morgan fingerprint density at radius 3 is 2.28 bits per heavy atom. The number of aromatic amines is 2. The molecular formula is C18H11BrClN3O2. The average molecular weight is 417 g/mol. The molecule has 0 aliphatic rings. The fourth-order valence-corrected chi connectivity index (χ4v) is 3.20. The molecule has 2 heterocycles. The molecular weight excluding hydrogens is 406 g/mol. The van der Waals surface area contributed by atoms with Crippen LogP contribution in [0.15, 0.2) is 68.7 Å². The van der Waals surface area contributed by atoms with E-state index in [0.717, 1.165) is 21.4 Å². The lowest BCUT2D eigenvalue weighted by Gasteiger charge is -2.11. The van der Waals surface area contributed by atoms with Gasteiger partial charge in [-0.1, -0.05) is 39.7 Å². The number of rotatable bonds is 2. The molecule has 0 fully saturated rings. The Bertz CT molecular complexity index is 1190. The molecule has 0 atom stereocenters. The molecule has 7 heteroatoms. The van der Waals surface area contributed by atoms with Gasteiger partial charge in [0, 0.05) is 15.2 Å². The lowest BCUT2D eigenvalue weighted by Crippen LogP contribution is -2.22. The van der Waals surface area contributed by atoms with Crippen molar-refractivity contribution in [1.29, 1.82) is 0 Å². The van der Waals surface area contributed by atoms with Crippen LogP contribution in [0.1, 0.15) is 0 Å². The fourth-order valence-electron chi connectivity index (χ4n) is 2.81. The Balaban J connectivity index is 2.11. The molecule has 5 nitrogen and oxygen atoms in total. The third-order valence-electron chi connectivity index (χ3n) is 3.93. The van der Waals surface area contributed by atoms with Crippen molar-refractivity contribution in [2.24, 2.45) is 0 Å². The zero-order valence-corrected chi connectivity index (χ0v) is 15.1. The molecule has 0 saturated heterocycles. The second-order valence-corrected chi connectivity index (χ2v) is 6.87. The normalized spacial score (nSPS) is 11.1. The summed E-state index contributed by atoms with van der Waals surface area (Å²) in [6.07, 6.45) is 0. The number of aromatic nitrogens is 3. The van der Waals surface area contributed by atoms with E-state index < -0.39 is 11.2 Å². The van der Waals surface area contributed by atoms with Gasteiger partial charge in [-0.2, -0.15) is 0 Å². The van der Waals surface area contributed by atoms with E-state index in [1.54, 1.807) is 18.2 Å². The first-order valence-electron chi connectivity index (χ1n) is 7.43. The molecule has 0 radical (unpaired) electrons. The zero-order chi connectivity index (χ0) is 17.6. The molecule has 0 spiro atoms. The Kier molecular flexibility index (Phi) is 3.86. The van der Waals surface area contributed by atoms with Crippen molar-refractivity contribution < 1.29 is 0 Å². The van der Waals surface area contributed by atoms with Gasteiger partial charge in [0.25, 0.3) is 5.56 Å². The number of nitrogens with zero attached hydrogens (tertiary/aromatic N) is 1. The second-order valence-electron chi connectivity index (χ2n) is 5.52. The number of benzene rings is 2. The molecule has 0 aliphatic carbocycles. The van der Waals surface area contributed by atoms with Crippen LogP contribution in [0.25, 0.3) is 28.0 Å². The van der Waals surface area contributed by atoms with Gasteiger partial charge >= 0.3 is 5.69 Å². The maximum atomic E-state index is 12.2. The largest absolute Gasteiger partial charge is 0.327 e. The van der Waals surface area contributed by atoms with Gasteiger partial charge in [0.15, 0.2) is 0 Å². The first-order chi connectivity index (χ1) is 12.0. The molecule has 0 unspecified atom stereocenters. The summed E-state index contributed by atoms with van der Waals surface area (Å²) >= 11 is 9.41. The highest BCUT2D eigenvalue weighted by Gasteiger charge is 2.15. The average Bonchev–Trinajstić information content (AvgIpc) is 2.96. The predicted molar refractivity (Wildman–Crippen MR) is 103 cm³/mol. The van der Waals surface area contributed by atoms with E-state index in [4.69, 9.17) is 11.6 Å². The molecule has 0 saturated carbocycles. The molecule has 4 aromatic rings. The van der Waals surface area contributed by atoms with Crippen molar-refractivity contribution >= 4 is 38.6 Å². The van der Waals surface area contributed by atoms with Crippen molar-refractivity contribution in [2.45, 2.75) is 0 Å². The summed E-state index contributed by atoms with van der Waals surface area (Å²) in [5.74, 6) is 0. The Morgan fingerprint density at radius 1 is 0.920 bits per heavy atom. The molecule has 4 rings (SSSR count). The fraction of sp³-hybridized carbons (Fsp3) is 0. The lowest BCUT2D eigenvalue weighted by atomic mass is 10.1. The van der Waals surface area contributed by atoms with E-state index in [2.05, 4.69) is 25.9 Å². The van der Waals surface area contributed by atoms with Crippen LogP contribution in [-0.4, -0.2) is 14.5 Å². The second kappa shape index (κ2) is 6.06. The SMILES string of the molecule is O=c1[nH]c(=O)c2cc(-c3ccc(Br)cc3)n(-c3ccc(Cl)cc3)c2[nH]1. The van der Waals surface area contributed by atoms with E-state index in [0.29, 0.717) is 16.1 Å². The number of H-pyrrole nitrogens is 2. The molecule has 0 aliphatic heterocycles. The van der Waals surface area contributed by atoms with Crippen LogP contribution in [0.3, 0.4) is 0 Å². The van der Waals surface area contributed by atoms with Gasteiger partial charge in [-0.05, 0) is 48.0 Å².